The Bertz CT molecular complexity index is 1140. The van der Waals surface area contributed by atoms with Crippen LogP contribution in [0, 0.1) is 0 Å². The van der Waals surface area contributed by atoms with Crippen LogP contribution in [0.5, 0.6) is 5.75 Å². The topological polar surface area (TPSA) is 91.1 Å². The lowest BCUT2D eigenvalue weighted by atomic mass is 10.2. The number of hydrogen-bond donors (Lipinski definition) is 1. The molecule has 0 radical (unpaired) electrons. The number of carbonyl (C=O) groups is 1. The molecule has 2 fully saturated rings. The molecule has 5 rings (SSSR count). The van der Waals surface area contributed by atoms with Crippen molar-refractivity contribution in [2.75, 3.05) is 69.3 Å². The van der Waals surface area contributed by atoms with Gasteiger partial charge in [-0.2, -0.15) is 4.52 Å². The van der Waals surface area contributed by atoms with E-state index in [0.717, 1.165) is 57.4 Å². The maximum Gasteiger partial charge on any atom is 0.220 e. The average Bonchev–Trinajstić information content (AvgIpc) is 3.57. The summed E-state index contributed by atoms with van der Waals surface area (Å²) in [6, 6.07) is 12.1. The number of amides is 1. The highest BCUT2D eigenvalue weighted by molar-refractivity contribution is 5.76. The van der Waals surface area contributed by atoms with E-state index in [9.17, 15) is 4.79 Å². The summed E-state index contributed by atoms with van der Waals surface area (Å²) in [6.45, 7) is 7.45. The molecule has 3 aromatic rings. The van der Waals surface area contributed by atoms with Gasteiger partial charge < -0.3 is 24.8 Å². The Morgan fingerprint density at radius 1 is 1.00 bits per heavy atom. The van der Waals surface area contributed by atoms with Gasteiger partial charge in [-0.3, -0.25) is 4.79 Å². The Morgan fingerprint density at radius 3 is 2.60 bits per heavy atom. The maximum atomic E-state index is 12.3. The molecule has 2 aliphatic heterocycles. The Labute approximate surface area is 205 Å². The minimum Gasteiger partial charge on any atom is -0.497 e. The van der Waals surface area contributed by atoms with E-state index in [0.29, 0.717) is 30.9 Å². The summed E-state index contributed by atoms with van der Waals surface area (Å²) < 4.78 is 7.15. The first kappa shape index (κ1) is 23.3. The predicted octanol–water partition coefficient (Wildman–Crippen LogP) is 1.60. The van der Waals surface area contributed by atoms with E-state index < -0.39 is 0 Å². The fraction of sp³-hybridized carbons (Fsp3) is 0.520. The number of benzene rings is 1. The molecule has 0 aliphatic carbocycles. The third kappa shape index (κ3) is 5.64. The SMILES string of the molecule is COc1cccc(N2CCN(c3ccc4nnc(CCC(=O)NCCN5CCCC5)n4n3)CC2)c1. The first-order valence-corrected chi connectivity index (χ1v) is 12.5. The largest absolute Gasteiger partial charge is 0.497 e. The molecule has 0 saturated carbocycles. The third-order valence-corrected chi connectivity index (χ3v) is 6.86. The van der Waals surface area contributed by atoms with Crippen LogP contribution in [-0.4, -0.2) is 90.1 Å². The Balaban J connectivity index is 1.16. The van der Waals surface area contributed by atoms with Gasteiger partial charge in [0.25, 0.3) is 0 Å². The monoisotopic (exact) mass is 478 g/mol. The van der Waals surface area contributed by atoms with Gasteiger partial charge in [0.15, 0.2) is 11.5 Å². The molecule has 1 aromatic carbocycles. The smallest absolute Gasteiger partial charge is 0.220 e. The third-order valence-electron chi connectivity index (χ3n) is 6.86. The molecule has 0 atom stereocenters. The van der Waals surface area contributed by atoms with Crippen molar-refractivity contribution in [2.24, 2.45) is 0 Å². The lowest BCUT2D eigenvalue weighted by molar-refractivity contribution is -0.121. The first-order chi connectivity index (χ1) is 17.2. The fourth-order valence-electron chi connectivity index (χ4n) is 4.82. The number of anilines is 2. The summed E-state index contributed by atoms with van der Waals surface area (Å²) in [5.41, 5.74) is 1.88. The number of rotatable bonds is 9. The lowest BCUT2D eigenvalue weighted by Gasteiger charge is -2.36. The number of fused-ring (bicyclic) bond motifs is 1. The van der Waals surface area contributed by atoms with Crippen LogP contribution in [-0.2, 0) is 11.2 Å². The molecule has 0 spiro atoms. The van der Waals surface area contributed by atoms with Crippen molar-refractivity contribution in [3.05, 3.63) is 42.2 Å². The van der Waals surface area contributed by atoms with Crippen molar-refractivity contribution in [2.45, 2.75) is 25.7 Å². The zero-order chi connectivity index (χ0) is 24.0. The molecule has 2 aliphatic rings. The molecule has 35 heavy (non-hydrogen) atoms. The van der Waals surface area contributed by atoms with E-state index in [2.05, 4.69) is 42.3 Å². The highest BCUT2D eigenvalue weighted by Gasteiger charge is 2.20. The van der Waals surface area contributed by atoms with Crippen LogP contribution < -0.4 is 19.9 Å². The van der Waals surface area contributed by atoms with Crippen LogP contribution in [0.3, 0.4) is 0 Å². The molecule has 0 unspecified atom stereocenters. The second-order valence-corrected chi connectivity index (χ2v) is 9.15. The molecular formula is C25H34N8O2. The summed E-state index contributed by atoms with van der Waals surface area (Å²) >= 11 is 0. The van der Waals surface area contributed by atoms with Crippen LogP contribution in [0.15, 0.2) is 36.4 Å². The summed E-state index contributed by atoms with van der Waals surface area (Å²) in [5, 5.41) is 16.4. The Kier molecular flexibility index (Phi) is 7.27. The molecule has 1 amide bonds. The van der Waals surface area contributed by atoms with Gasteiger partial charge in [-0.1, -0.05) is 6.07 Å². The van der Waals surface area contributed by atoms with E-state index in [1.807, 2.05) is 24.3 Å². The molecule has 186 valence electrons. The number of likely N-dealkylation sites (tertiary alicyclic amines) is 1. The van der Waals surface area contributed by atoms with Gasteiger partial charge >= 0.3 is 0 Å². The van der Waals surface area contributed by atoms with Gasteiger partial charge in [-0.05, 0) is 50.2 Å². The number of ether oxygens (including phenoxy) is 1. The predicted molar refractivity (Wildman–Crippen MR) is 135 cm³/mol. The van der Waals surface area contributed by atoms with Gasteiger partial charge in [-0.25, -0.2) is 0 Å². The first-order valence-electron chi connectivity index (χ1n) is 12.5. The summed E-state index contributed by atoms with van der Waals surface area (Å²) in [7, 11) is 1.69. The molecule has 2 saturated heterocycles. The van der Waals surface area contributed by atoms with E-state index in [1.165, 1.54) is 18.5 Å². The van der Waals surface area contributed by atoms with Crippen LogP contribution in [0.2, 0.25) is 0 Å². The normalized spacial score (nSPS) is 16.7. The summed E-state index contributed by atoms with van der Waals surface area (Å²) in [6.07, 6.45) is 3.42. The maximum absolute atomic E-state index is 12.3. The van der Waals surface area contributed by atoms with Gasteiger partial charge in [0.05, 0.1) is 7.11 Å². The highest BCUT2D eigenvalue weighted by Crippen LogP contribution is 2.23. The number of carbonyl (C=O) groups excluding carboxylic acids is 1. The lowest BCUT2D eigenvalue weighted by Crippen LogP contribution is -2.47. The van der Waals surface area contributed by atoms with Crippen molar-refractivity contribution in [1.29, 1.82) is 0 Å². The van der Waals surface area contributed by atoms with Crippen molar-refractivity contribution in [1.82, 2.24) is 30.0 Å². The molecular weight excluding hydrogens is 444 g/mol. The van der Waals surface area contributed by atoms with Crippen LogP contribution >= 0.6 is 0 Å². The number of aryl methyl sites for hydroxylation is 1. The van der Waals surface area contributed by atoms with E-state index in [-0.39, 0.29) is 5.91 Å². The Morgan fingerprint density at radius 2 is 1.80 bits per heavy atom. The van der Waals surface area contributed by atoms with Crippen molar-refractivity contribution >= 4 is 23.1 Å². The number of piperazine rings is 1. The van der Waals surface area contributed by atoms with Gasteiger partial charge in [0, 0.05) is 63.9 Å². The molecule has 10 nitrogen and oxygen atoms in total. The number of aromatic nitrogens is 4. The van der Waals surface area contributed by atoms with Crippen molar-refractivity contribution in [3.8, 4) is 5.75 Å². The molecule has 10 heteroatoms. The van der Waals surface area contributed by atoms with Crippen molar-refractivity contribution < 1.29 is 9.53 Å². The van der Waals surface area contributed by atoms with Gasteiger partial charge in [0.1, 0.15) is 11.6 Å². The van der Waals surface area contributed by atoms with Crippen molar-refractivity contribution in [3.63, 3.8) is 0 Å². The number of nitrogens with zero attached hydrogens (tertiary/aromatic N) is 7. The zero-order valence-corrected chi connectivity index (χ0v) is 20.4. The number of methoxy groups -OCH3 is 1. The minimum atomic E-state index is 0.0470. The number of nitrogens with one attached hydrogen (secondary N) is 1. The van der Waals surface area contributed by atoms with E-state index >= 15 is 0 Å². The van der Waals surface area contributed by atoms with Gasteiger partial charge in [0.2, 0.25) is 5.91 Å². The highest BCUT2D eigenvalue weighted by atomic mass is 16.5. The summed E-state index contributed by atoms with van der Waals surface area (Å²) in [5.74, 6) is 2.54. The second kappa shape index (κ2) is 10.9. The molecule has 1 N–H and O–H groups in total. The quantitative estimate of drug-likeness (QED) is 0.496. The zero-order valence-electron chi connectivity index (χ0n) is 20.4. The molecule has 0 bridgehead atoms. The minimum absolute atomic E-state index is 0.0470. The van der Waals surface area contributed by atoms with E-state index in [1.54, 1.807) is 11.6 Å². The second-order valence-electron chi connectivity index (χ2n) is 9.15. The number of hydrogen-bond acceptors (Lipinski definition) is 8. The summed E-state index contributed by atoms with van der Waals surface area (Å²) in [4.78, 5) is 19.4. The fourth-order valence-corrected chi connectivity index (χ4v) is 4.82. The standard InChI is InChI=1S/C25H34N8O2/c1-35-21-6-4-5-20(19-21)31-15-17-32(18-16-31)24-8-7-22-27-28-23(33(22)29-24)9-10-25(34)26-11-14-30-12-2-3-13-30/h4-8,19H,2-3,9-18H2,1H3,(H,26,34). The molecule has 2 aromatic heterocycles. The molecule has 4 heterocycles. The Hall–Kier alpha value is -3.40. The van der Waals surface area contributed by atoms with Crippen LogP contribution in [0.4, 0.5) is 11.5 Å². The van der Waals surface area contributed by atoms with Crippen LogP contribution in [0.25, 0.3) is 5.65 Å². The average molecular weight is 479 g/mol. The van der Waals surface area contributed by atoms with Crippen LogP contribution in [0.1, 0.15) is 25.1 Å². The van der Waals surface area contributed by atoms with Gasteiger partial charge in [-0.15, -0.1) is 15.3 Å². The van der Waals surface area contributed by atoms with E-state index in [4.69, 9.17) is 9.84 Å².